The monoisotopic (exact) mass is 341 g/mol. The van der Waals surface area contributed by atoms with Gasteiger partial charge in [0.05, 0.1) is 5.56 Å². The van der Waals surface area contributed by atoms with Crippen molar-refractivity contribution in [2.75, 3.05) is 13.1 Å². The highest BCUT2D eigenvalue weighted by molar-refractivity contribution is 6.30. The molecule has 6 heteroatoms. The summed E-state index contributed by atoms with van der Waals surface area (Å²) in [5.74, 6) is -1.12. The third kappa shape index (κ3) is 4.67. The second kappa shape index (κ2) is 6.87. The number of likely N-dealkylation sites (tertiary alicyclic amines) is 1. The van der Waals surface area contributed by atoms with Crippen molar-refractivity contribution in [1.82, 2.24) is 4.90 Å². The molecule has 2 rings (SSSR count). The molecule has 23 heavy (non-hydrogen) atoms. The number of rotatable bonds is 2. The molecule has 1 aliphatic rings. The van der Waals surface area contributed by atoms with Crippen molar-refractivity contribution in [1.29, 1.82) is 0 Å². The van der Waals surface area contributed by atoms with Gasteiger partial charge in [0.2, 0.25) is 0 Å². The summed E-state index contributed by atoms with van der Waals surface area (Å²) in [4.78, 5) is 26.0. The Morgan fingerprint density at radius 2 is 1.87 bits per heavy atom. The highest BCUT2D eigenvalue weighted by atomic mass is 35.5. The molecule has 1 heterocycles. The Morgan fingerprint density at radius 1 is 1.26 bits per heavy atom. The van der Waals surface area contributed by atoms with Gasteiger partial charge in [-0.15, -0.1) is 0 Å². The van der Waals surface area contributed by atoms with E-state index >= 15 is 0 Å². The Balaban J connectivity index is 1.96. The van der Waals surface area contributed by atoms with Gasteiger partial charge < -0.3 is 9.64 Å². The standard InChI is InChI=1S/C17H21ClFNO3/c1-17(2,3)23-16(22)20-8-6-11(7-9-20)15(21)13-5-4-12(18)10-14(13)19/h4-5,10-11H,6-9H2,1-3H3. The zero-order valence-electron chi connectivity index (χ0n) is 13.6. The van der Waals surface area contributed by atoms with Crippen molar-refractivity contribution in [2.24, 2.45) is 5.92 Å². The van der Waals surface area contributed by atoms with Gasteiger partial charge in [0, 0.05) is 24.0 Å². The molecule has 0 N–H and O–H groups in total. The molecule has 1 aromatic rings. The van der Waals surface area contributed by atoms with E-state index in [-0.39, 0.29) is 28.4 Å². The zero-order valence-corrected chi connectivity index (χ0v) is 14.3. The summed E-state index contributed by atoms with van der Waals surface area (Å²) in [6, 6.07) is 4.07. The van der Waals surface area contributed by atoms with Crippen LogP contribution >= 0.6 is 11.6 Å². The molecular formula is C17H21ClFNO3. The number of ether oxygens (including phenoxy) is 1. The summed E-state index contributed by atoms with van der Waals surface area (Å²) in [5, 5.41) is 0.263. The van der Waals surface area contributed by atoms with E-state index in [0.717, 1.165) is 6.07 Å². The lowest BCUT2D eigenvalue weighted by atomic mass is 9.89. The van der Waals surface area contributed by atoms with Crippen LogP contribution in [0.3, 0.4) is 0 Å². The molecule has 0 radical (unpaired) electrons. The molecule has 126 valence electrons. The van der Waals surface area contributed by atoms with Crippen LogP contribution in [0, 0.1) is 11.7 Å². The van der Waals surface area contributed by atoms with E-state index in [4.69, 9.17) is 16.3 Å². The Labute approximate surface area is 140 Å². The fraction of sp³-hybridized carbons (Fsp3) is 0.529. The number of benzene rings is 1. The first-order valence-electron chi connectivity index (χ1n) is 7.64. The number of nitrogens with zero attached hydrogens (tertiary/aromatic N) is 1. The minimum atomic E-state index is -0.600. The lowest BCUT2D eigenvalue weighted by molar-refractivity contribution is 0.0182. The van der Waals surface area contributed by atoms with Gasteiger partial charge in [0.15, 0.2) is 5.78 Å². The molecule has 0 atom stereocenters. The van der Waals surface area contributed by atoms with E-state index in [1.165, 1.54) is 12.1 Å². The second-order valence-corrected chi connectivity index (χ2v) is 7.17. The van der Waals surface area contributed by atoms with Crippen molar-refractivity contribution in [3.05, 3.63) is 34.6 Å². The van der Waals surface area contributed by atoms with Gasteiger partial charge in [0.1, 0.15) is 11.4 Å². The van der Waals surface area contributed by atoms with Crippen LogP contribution in [-0.2, 0) is 4.74 Å². The number of Topliss-reactive ketones (excluding diaryl/α,β-unsaturated/α-hetero) is 1. The van der Waals surface area contributed by atoms with Crippen LogP contribution in [-0.4, -0.2) is 35.5 Å². The van der Waals surface area contributed by atoms with Crippen LogP contribution in [0.2, 0.25) is 5.02 Å². The Kier molecular flexibility index (Phi) is 5.30. The number of hydrogen-bond acceptors (Lipinski definition) is 3. The number of hydrogen-bond donors (Lipinski definition) is 0. The van der Waals surface area contributed by atoms with Crippen LogP contribution in [0.1, 0.15) is 44.0 Å². The number of ketones is 1. The van der Waals surface area contributed by atoms with Crippen molar-refractivity contribution < 1.29 is 18.7 Å². The highest BCUT2D eigenvalue weighted by Crippen LogP contribution is 2.25. The van der Waals surface area contributed by atoms with E-state index in [1.807, 2.05) is 20.8 Å². The summed E-state index contributed by atoms with van der Waals surface area (Å²) < 4.78 is 19.2. The molecule has 0 saturated carbocycles. The number of carbonyl (C=O) groups excluding carboxylic acids is 2. The molecule has 0 spiro atoms. The van der Waals surface area contributed by atoms with E-state index < -0.39 is 11.4 Å². The molecule has 0 unspecified atom stereocenters. The van der Waals surface area contributed by atoms with Gasteiger partial charge in [-0.05, 0) is 51.8 Å². The Hall–Kier alpha value is -1.62. The number of piperidine rings is 1. The van der Waals surface area contributed by atoms with E-state index in [9.17, 15) is 14.0 Å². The zero-order chi connectivity index (χ0) is 17.2. The highest BCUT2D eigenvalue weighted by Gasteiger charge is 2.31. The first-order valence-corrected chi connectivity index (χ1v) is 8.02. The van der Waals surface area contributed by atoms with Gasteiger partial charge in [-0.2, -0.15) is 0 Å². The van der Waals surface area contributed by atoms with E-state index in [2.05, 4.69) is 0 Å². The quantitative estimate of drug-likeness (QED) is 0.753. The number of halogens is 2. The normalized spacial score (nSPS) is 16.3. The maximum atomic E-state index is 13.9. The predicted octanol–water partition coefficient (Wildman–Crippen LogP) is 4.31. The van der Waals surface area contributed by atoms with Crippen LogP contribution in [0.5, 0.6) is 0 Å². The molecule has 0 aliphatic carbocycles. The maximum Gasteiger partial charge on any atom is 0.410 e. The molecule has 1 saturated heterocycles. The molecule has 1 fully saturated rings. The van der Waals surface area contributed by atoms with Crippen molar-refractivity contribution in [3.8, 4) is 0 Å². The summed E-state index contributed by atoms with van der Waals surface area (Å²) in [6.07, 6.45) is 0.626. The van der Waals surface area contributed by atoms with Crippen LogP contribution < -0.4 is 0 Å². The third-order valence-corrected chi connectivity index (χ3v) is 3.95. The lowest BCUT2D eigenvalue weighted by Gasteiger charge is -2.33. The summed E-state index contributed by atoms with van der Waals surface area (Å²) in [6.45, 7) is 6.29. The molecule has 0 aromatic heterocycles. The maximum absolute atomic E-state index is 13.9. The van der Waals surface area contributed by atoms with Gasteiger partial charge in [-0.1, -0.05) is 11.6 Å². The summed E-state index contributed by atoms with van der Waals surface area (Å²) >= 11 is 5.70. The topological polar surface area (TPSA) is 46.6 Å². The fourth-order valence-corrected chi connectivity index (χ4v) is 2.72. The van der Waals surface area contributed by atoms with E-state index in [1.54, 1.807) is 4.90 Å². The van der Waals surface area contributed by atoms with Gasteiger partial charge in [-0.25, -0.2) is 9.18 Å². The number of amides is 1. The van der Waals surface area contributed by atoms with Crippen LogP contribution in [0.15, 0.2) is 18.2 Å². The third-order valence-electron chi connectivity index (χ3n) is 3.71. The largest absolute Gasteiger partial charge is 0.444 e. The summed E-state index contributed by atoms with van der Waals surface area (Å²) in [7, 11) is 0. The van der Waals surface area contributed by atoms with Crippen molar-refractivity contribution in [2.45, 2.75) is 39.2 Å². The fourth-order valence-electron chi connectivity index (χ4n) is 2.56. The van der Waals surface area contributed by atoms with Gasteiger partial charge >= 0.3 is 6.09 Å². The van der Waals surface area contributed by atoms with Gasteiger partial charge in [-0.3, -0.25) is 4.79 Å². The molecule has 1 amide bonds. The summed E-state index contributed by atoms with van der Waals surface area (Å²) in [5.41, 5.74) is -0.485. The van der Waals surface area contributed by atoms with Crippen LogP contribution in [0.4, 0.5) is 9.18 Å². The second-order valence-electron chi connectivity index (χ2n) is 6.73. The Morgan fingerprint density at radius 3 is 2.39 bits per heavy atom. The van der Waals surface area contributed by atoms with Crippen molar-refractivity contribution in [3.63, 3.8) is 0 Å². The SMILES string of the molecule is CC(C)(C)OC(=O)N1CCC(C(=O)c2ccc(Cl)cc2F)CC1. The average Bonchev–Trinajstić information content (AvgIpc) is 2.45. The van der Waals surface area contributed by atoms with E-state index in [0.29, 0.717) is 25.9 Å². The smallest absolute Gasteiger partial charge is 0.410 e. The minimum absolute atomic E-state index is 0.0603. The first kappa shape index (κ1) is 17.7. The molecular weight excluding hydrogens is 321 g/mol. The average molecular weight is 342 g/mol. The lowest BCUT2D eigenvalue weighted by Crippen LogP contribution is -2.43. The minimum Gasteiger partial charge on any atom is -0.444 e. The van der Waals surface area contributed by atoms with Crippen LogP contribution in [0.25, 0.3) is 0 Å². The van der Waals surface area contributed by atoms with Gasteiger partial charge in [0.25, 0.3) is 0 Å². The molecule has 0 bridgehead atoms. The first-order chi connectivity index (χ1) is 10.7. The van der Waals surface area contributed by atoms with Crippen molar-refractivity contribution >= 4 is 23.5 Å². The molecule has 1 aromatic carbocycles. The molecule has 1 aliphatic heterocycles. The molecule has 4 nitrogen and oxygen atoms in total. The predicted molar refractivity (Wildman–Crippen MR) is 86.3 cm³/mol. The Bertz CT molecular complexity index is 604. The number of carbonyl (C=O) groups is 2.